The molecule has 0 saturated carbocycles. The topological polar surface area (TPSA) is 59.1 Å². The molecule has 1 aromatic carbocycles. The van der Waals surface area contributed by atoms with Gasteiger partial charge in [0.2, 0.25) is 0 Å². The second-order valence-corrected chi connectivity index (χ2v) is 3.79. The molecule has 12 heavy (non-hydrogen) atoms. The van der Waals surface area contributed by atoms with E-state index in [1.165, 1.54) is 11.3 Å². The van der Waals surface area contributed by atoms with Gasteiger partial charge in [0.05, 0.1) is 20.9 Å². The zero-order chi connectivity index (χ0) is 8.72. The molecule has 1 heterocycles. The van der Waals surface area contributed by atoms with Crippen molar-refractivity contribution in [1.82, 2.24) is 4.98 Å². The molecule has 0 amide bonds. The van der Waals surface area contributed by atoms with Gasteiger partial charge in [-0.2, -0.15) is 0 Å². The van der Waals surface area contributed by atoms with E-state index in [0.29, 0.717) is 5.69 Å². The summed E-state index contributed by atoms with van der Waals surface area (Å²) in [6.45, 7) is 1.90. The molecule has 2 rings (SSSR count). The molecule has 0 saturated heterocycles. The Kier molecular flexibility index (Phi) is 1.44. The number of rotatable bonds is 0. The van der Waals surface area contributed by atoms with E-state index >= 15 is 0 Å². The van der Waals surface area contributed by atoms with E-state index in [4.69, 9.17) is 5.73 Å². The highest BCUT2D eigenvalue weighted by molar-refractivity contribution is 7.18. The van der Waals surface area contributed by atoms with Crippen LogP contribution in [0.1, 0.15) is 5.01 Å². The lowest BCUT2D eigenvalue weighted by atomic mass is 10.3. The number of aryl methyl sites for hydroxylation is 1. The summed E-state index contributed by atoms with van der Waals surface area (Å²) >= 11 is 1.45. The van der Waals surface area contributed by atoms with Crippen LogP contribution in [-0.4, -0.2) is 10.1 Å². The van der Waals surface area contributed by atoms with Crippen LogP contribution in [0.4, 0.5) is 5.69 Å². The van der Waals surface area contributed by atoms with E-state index in [2.05, 4.69) is 4.98 Å². The van der Waals surface area contributed by atoms with Crippen molar-refractivity contribution in [2.45, 2.75) is 6.92 Å². The normalized spacial score (nSPS) is 10.8. The number of phenolic OH excluding ortho intramolecular Hbond substituents is 1. The standard InChI is InChI=1S/C8H8N2OS/c1-4-10-6-3-2-5(9)7(11)8(6)12-4/h2-3,11H,9H2,1H3. The smallest absolute Gasteiger partial charge is 0.158 e. The lowest BCUT2D eigenvalue weighted by Crippen LogP contribution is -1.84. The van der Waals surface area contributed by atoms with Gasteiger partial charge < -0.3 is 10.8 Å². The first-order valence-electron chi connectivity index (χ1n) is 3.53. The number of anilines is 1. The fourth-order valence-corrected chi connectivity index (χ4v) is 1.98. The second-order valence-electron chi connectivity index (χ2n) is 2.58. The van der Waals surface area contributed by atoms with Crippen molar-refractivity contribution >= 4 is 27.2 Å². The molecule has 0 aliphatic carbocycles. The molecule has 4 heteroatoms. The maximum Gasteiger partial charge on any atom is 0.158 e. The van der Waals surface area contributed by atoms with Gasteiger partial charge in [-0.25, -0.2) is 4.98 Å². The first-order valence-corrected chi connectivity index (χ1v) is 4.34. The van der Waals surface area contributed by atoms with Crippen LogP contribution < -0.4 is 5.73 Å². The van der Waals surface area contributed by atoms with Crippen LogP contribution >= 0.6 is 11.3 Å². The Hall–Kier alpha value is -1.29. The number of fused-ring (bicyclic) bond motifs is 1. The molecule has 62 valence electrons. The monoisotopic (exact) mass is 180 g/mol. The number of nitrogens with two attached hydrogens (primary N) is 1. The van der Waals surface area contributed by atoms with Gasteiger partial charge in [-0.1, -0.05) is 0 Å². The highest BCUT2D eigenvalue weighted by Gasteiger charge is 2.07. The first kappa shape index (κ1) is 7.36. The third kappa shape index (κ3) is 0.921. The van der Waals surface area contributed by atoms with Gasteiger partial charge in [0.25, 0.3) is 0 Å². The molecule has 0 fully saturated rings. The highest BCUT2D eigenvalue weighted by atomic mass is 32.1. The molecular formula is C8H8N2OS. The number of nitrogen functional groups attached to an aromatic ring is 1. The van der Waals surface area contributed by atoms with Crippen molar-refractivity contribution in [3.8, 4) is 5.75 Å². The van der Waals surface area contributed by atoms with Crippen LogP contribution in [0, 0.1) is 6.92 Å². The van der Waals surface area contributed by atoms with Gasteiger partial charge in [0.1, 0.15) is 0 Å². The summed E-state index contributed by atoms with van der Waals surface area (Å²) in [7, 11) is 0. The Morgan fingerprint density at radius 2 is 2.25 bits per heavy atom. The summed E-state index contributed by atoms with van der Waals surface area (Å²) < 4.78 is 0.771. The summed E-state index contributed by atoms with van der Waals surface area (Å²) in [5.41, 5.74) is 6.74. The second kappa shape index (κ2) is 2.35. The summed E-state index contributed by atoms with van der Waals surface area (Å²) in [5.74, 6) is 0.151. The zero-order valence-corrected chi connectivity index (χ0v) is 7.35. The number of nitrogens with zero attached hydrogens (tertiary/aromatic N) is 1. The average molecular weight is 180 g/mol. The molecule has 0 aliphatic heterocycles. The fraction of sp³-hybridized carbons (Fsp3) is 0.125. The molecule has 3 nitrogen and oxygen atoms in total. The Morgan fingerprint density at radius 1 is 1.50 bits per heavy atom. The molecule has 0 spiro atoms. The molecule has 0 bridgehead atoms. The van der Waals surface area contributed by atoms with E-state index in [-0.39, 0.29) is 5.75 Å². The van der Waals surface area contributed by atoms with Crippen LogP contribution in [0.25, 0.3) is 10.2 Å². The van der Waals surface area contributed by atoms with Gasteiger partial charge in [-0.05, 0) is 19.1 Å². The number of aromatic nitrogens is 1. The van der Waals surface area contributed by atoms with Crippen LogP contribution in [-0.2, 0) is 0 Å². The van der Waals surface area contributed by atoms with E-state index in [1.54, 1.807) is 6.07 Å². The summed E-state index contributed by atoms with van der Waals surface area (Å²) in [6.07, 6.45) is 0. The average Bonchev–Trinajstić information content (AvgIpc) is 2.39. The van der Waals surface area contributed by atoms with E-state index in [9.17, 15) is 5.11 Å². The maximum atomic E-state index is 9.52. The van der Waals surface area contributed by atoms with Crippen molar-refractivity contribution in [3.63, 3.8) is 0 Å². The summed E-state index contributed by atoms with van der Waals surface area (Å²) in [5, 5.41) is 10.5. The predicted octanol–water partition coefficient (Wildman–Crippen LogP) is 1.89. The number of aromatic hydroxyl groups is 1. The van der Waals surface area contributed by atoms with Gasteiger partial charge in [0.15, 0.2) is 5.75 Å². The van der Waals surface area contributed by atoms with Crippen LogP contribution in [0.2, 0.25) is 0 Å². The molecule has 0 aliphatic rings. The first-order chi connectivity index (χ1) is 5.68. The quantitative estimate of drug-likeness (QED) is 0.481. The number of hydrogen-bond acceptors (Lipinski definition) is 4. The number of hydrogen-bond donors (Lipinski definition) is 2. The third-order valence-corrected chi connectivity index (χ3v) is 2.66. The minimum Gasteiger partial charge on any atom is -0.504 e. The molecular weight excluding hydrogens is 172 g/mol. The van der Waals surface area contributed by atoms with Crippen molar-refractivity contribution in [2.75, 3.05) is 5.73 Å². The minimum atomic E-state index is 0.151. The summed E-state index contributed by atoms with van der Waals surface area (Å²) in [6, 6.07) is 3.48. The number of phenols is 1. The molecule has 0 unspecified atom stereocenters. The highest BCUT2D eigenvalue weighted by Crippen LogP contribution is 2.34. The predicted molar refractivity (Wildman–Crippen MR) is 50.4 cm³/mol. The van der Waals surface area contributed by atoms with Crippen LogP contribution in [0.5, 0.6) is 5.75 Å². The van der Waals surface area contributed by atoms with Crippen LogP contribution in [0.3, 0.4) is 0 Å². The third-order valence-electron chi connectivity index (χ3n) is 1.67. The van der Waals surface area contributed by atoms with Gasteiger partial charge in [-0.3, -0.25) is 0 Å². The Balaban J connectivity index is 2.89. The lowest BCUT2D eigenvalue weighted by Gasteiger charge is -1.96. The minimum absolute atomic E-state index is 0.151. The molecule has 2 aromatic rings. The van der Waals surface area contributed by atoms with Crippen molar-refractivity contribution in [1.29, 1.82) is 0 Å². The Bertz CT molecular complexity index is 436. The van der Waals surface area contributed by atoms with Crippen molar-refractivity contribution in [2.24, 2.45) is 0 Å². The van der Waals surface area contributed by atoms with Crippen molar-refractivity contribution < 1.29 is 5.11 Å². The lowest BCUT2D eigenvalue weighted by molar-refractivity contribution is 0.485. The van der Waals surface area contributed by atoms with Crippen molar-refractivity contribution in [3.05, 3.63) is 17.1 Å². The summed E-state index contributed by atoms with van der Waals surface area (Å²) in [4.78, 5) is 4.22. The van der Waals surface area contributed by atoms with E-state index in [0.717, 1.165) is 15.2 Å². The molecule has 0 atom stereocenters. The van der Waals surface area contributed by atoms with E-state index in [1.807, 2.05) is 13.0 Å². The van der Waals surface area contributed by atoms with Crippen LogP contribution in [0.15, 0.2) is 12.1 Å². The molecule has 3 N–H and O–H groups in total. The zero-order valence-electron chi connectivity index (χ0n) is 6.53. The van der Waals surface area contributed by atoms with Gasteiger partial charge in [-0.15, -0.1) is 11.3 Å². The number of benzene rings is 1. The van der Waals surface area contributed by atoms with Gasteiger partial charge >= 0.3 is 0 Å². The SMILES string of the molecule is Cc1nc2ccc(N)c(O)c2s1. The fourth-order valence-electron chi connectivity index (χ4n) is 1.10. The number of thiazole rings is 1. The van der Waals surface area contributed by atoms with E-state index < -0.39 is 0 Å². The van der Waals surface area contributed by atoms with Gasteiger partial charge in [0, 0.05) is 0 Å². The maximum absolute atomic E-state index is 9.52. The Labute approximate surface area is 73.5 Å². The largest absolute Gasteiger partial charge is 0.504 e. The Morgan fingerprint density at radius 3 is 3.00 bits per heavy atom. The molecule has 1 aromatic heterocycles. The molecule has 0 radical (unpaired) electrons.